The zero-order valence-electron chi connectivity index (χ0n) is 43.2. The summed E-state index contributed by atoms with van der Waals surface area (Å²) in [5, 5.41) is 8.79. The fraction of sp³-hybridized carbons (Fsp3) is 0.712. The Morgan fingerprint density at radius 3 is 1.97 bits per heavy atom. The summed E-state index contributed by atoms with van der Waals surface area (Å²) in [5.41, 5.74) is 6.35. The van der Waals surface area contributed by atoms with Gasteiger partial charge in [0.15, 0.2) is 17.2 Å². The number of esters is 1. The van der Waals surface area contributed by atoms with E-state index in [0.29, 0.717) is 41.5 Å². The van der Waals surface area contributed by atoms with Crippen LogP contribution < -0.4 is 27.4 Å². The first-order chi connectivity index (χ1) is 32.9. The first-order valence-electron chi connectivity index (χ1n) is 25.7. The van der Waals surface area contributed by atoms with Gasteiger partial charge in [-0.1, -0.05) is 122 Å². The SMILES string of the molecule is CCCCCCCCCCCCCCCCCC(=O)OCCSC[C@H](NC(=O)OC(C)(C)C)C(=O)C[C@@H](COC(C)(C)C)C(=O)Nc1ccc(Cn2c(=O)[nH]c3c(N)nc(NCCCC)nc32)cc1. The Hall–Kier alpha value is -4.64. The standard InChI is InChI=1S/C52H86N8O8S/c1-9-11-13-14-15-16-17-18-19-20-21-22-23-24-25-26-43(62)66-32-33-69-37-41(56-50(65)68-52(6,7)8)42(61)34-39(36-67-51(3,4)5)47(63)55-40-29-27-38(28-30-40)35-60-46-44(57-49(60)64)45(53)58-48(59-46)54-31-12-10-2/h27-30,39,41H,9-26,31-37H2,1-8H3,(H,55,63)(H,56,65)(H,57,64)(H3,53,54,58,59)/t39-,41-/m0/s1. The highest BCUT2D eigenvalue weighted by Gasteiger charge is 2.31. The quantitative estimate of drug-likeness (QED) is 0.0274. The van der Waals surface area contributed by atoms with Gasteiger partial charge in [0.25, 0.3) is 0 Å². The summed E-state index contributed by atoms with van der Waals surface area (Å²) in [6.45, 7) is 16.1. The number of amides is 2. The van der Waals surface area contributed by atoms with Gasteiger partial charge in [-0.25, -0.2) is 9.59 Å². The highest BCUT2D eigenvalue weighted by atomic mass is 32.2. The van der Waals surface area contributed by atoms with Crippen LogP contribution in [0, 0.1) is 5.92 Å². The fourth-order valence-corrected chi connectivity index (χ4v) is 8.40. The lowest BCUT2D eigenvalue weighted by Crippen LogP contribution is -2.46. The number of alkyl carbamates (subject to hydrolysis) is 1. The van der Waals surface area contributed by atoms with E-state index in [1.54, 1.807) is 45.0 Å². The number of aromatic nitrogens is 4. The molecule has 3 aromatic rings. The third-order valence-electron chi connectivity index (χ3n) is 11.4. The molecule has 0 spiro atoms. The monoisotopic (exact) mass is 983 g/mol. The maximum Gasteiger partial charge on any atom is 0.408 e. The molecule has 0 bridgehead atoms. The van der Waals surface area contributed by atoms with Crippen molar-refractivity contribution in [3.05, 3.63) is 40.3 Å². The molecule has 2 aromatic heterocycles. The first kappa shape index (κ1) is 58.7. The molecule has 1 aromatic carbocycles. The molecule has 2 atom stereocenters. The Morgan fingerprint density at radius 1 is 0.797 bits per heavy atom. The number of rotatable bonds is 35. The normalized spacial score (nSPS) is 12.7. The molecule has 0 aliphatic heterocycles. The van der Waals surface area contributed by atoms with E-state index in [4.69, 9.17) is 19.9 Å². The number of benzene rings is 1. The van der Waals surface area contributed by atoms with Crippen LogP contribution in [-0.4, -0.2) is 91.8 Å². The number of anilines is 3. The molecular formula is C52H86N8O8S. The number of carbonyl (C=O) groups excluding carboxylic acids is 4. The zero-order valence-corrected chi connectivity index (χ0v) is 44.1. The van der Waals surface area contributed by atoms with Crippen LogP contribution >= 0.6 is 11.8 Å². The van der Waals surface area contributed by atoms with Crippen molar-refractivity contribution in [2.45, 2.75) is 201 Å². The number of nitrogens with zero attached hydrogens (tertiary/aromatic N) is 3. The molecule has 16 nitrogen and oxygen atoms in total. The van der Waals surface area contributed by atoms with Crippen LogP contribution in [0.5, 0.6) is 0 Å². The van der Waals surface area contributed by atoms with Gasteiger partial charge in [0.05, 0.1) is 30.7 Å². The van der Waals surface area contributed by atoms with E-state index in [0.717, 1.165) is 37.7 Å². The van der Waals surface area contributed by atoms with Crippen LogP contribution in [0.15, 0.2) is 29.1 Å². The van der Waals surface area contributed by atoms with Crippen molar-refractivity contribution < 1.29 is 33.4 Å². The van der Waals surface area contributed by atoms with E-state index < -0.39 is 35.2 Å². The molecule has 2 heterocycles. The zero-order chi connectivity index (χ0) is 50.7. The van der Waals surface area contributed by atoms with E-state index >= 15 is 0 Å². The van der Waals surface area contributed by atoms with Gasteiger partial charge in [0, 0.05) is 36.6 Å². The first-order valence-corrected chi connectivity index (χ1v) is 26.8. The predicted molar refractivity (Wildman–Crippen MR) is 280 cm³/mol. The summed E-state index contributed by atoms with van der Waals surface area (Å²) in [5.74, 6) is -0.837. The van der Waals surface area contributed by atoms with Crippen LogP contribution in [-0.2, 0) is 35.1 Å². The predicted octanol–water partition coefficient (Wildman–Crippen LogP) is 10.7. The molecule has 0 radical (unpaired) electrons. The number of thioether (sulfide) groups is 1. The van der Waals surface area contributed by atoms with Crippen LogP contribution in [0.25, 0.3) is 11.2 Å². The number of fused-ring (bicyclic) bond motifs is 1. The Bertz CT molecular complexity index is 2040. The summed E-state index contributed by atoms with van der Waals surface area (Å²) in [4.78, 5) is 77.8. The average Bonchev–Trinajstić information content (AvgIpc) is 3.59. The van der Waals surface area contributed by atoms with Crippen molar-refractivity contribution in [2.75, 3.05) is 47.6 Å². The largest absolute Gasteiger partial charge is 0.465 e. The van der Waals surface area contributed by atoms with Gasteiger partial charge in [-0.3, -0.25) is 19.0 Å². The second kappa shape index (κ2) is 31.6. The summed E-state index contributed by atoms with van der Waals surface area (Å²) in [7, 11) is 0. The number of ether oxygens (including phenoxy) is 3. The molecular weight excluding hydrogens is 897 g/mol. The van der Waals surface area contributed by atoms with E-state index in [-0.39, 0.29) is 55.2 Å². The third-order valence-corrected chi connectivity index (χ3v) is 12.4. The molecule has 0 saturated carbocycles. The van der Waals surface area contributed by atoms with Gasteiger partial charge in [0.1, 0.15) is 17.7 Å². The molecule has 2 amide bonds. The fourth-order valence-electron chi connectivity index (χ4n) is 7.53. The summed E-state index contributed by atoms with van der Waals surface area (Å²) >= 11 is 1.37. The highest BCUT2D eigenvalue weighted by molar-refractivity contribution is 7.99. The highest BCUT2D eigenvalue weighted by Crippen LogP contribution is 2.22. The number of carbonyl (C=O) groups is 4. The Labute approximate surface area is 415 Å². The number of hydrogen-bond acceptors (Lipinski definition) is 13. The summed E-state index contributed by atoms with van der Waals surface area (Å²) in [6.07, 6.45) is 20.2. The topological polar surface area (TPSA) is 222 Å². The van der Waals surface area contributed by atoms with Crippen LogP contribution in [0.2, 0.25) is 0 Å². The number of hydrogen-bond donors (Lipinski definition) is 5. The molecule has 0 unspecified atom stereocenters. The molecule has 0 saturated heterocycles. The van der Waals surface area contributed by atoms with Crippen molar-refractivity contribution in [3.8, 4) is 0 Å². The number of nitrogens with two attached hydrogens (primary N) is 1. The summed E-state index contributed by atoms with van der Waals surface area (Å²) in [6, 6.07) is 6.02. The maximum absolute atomic E-state index is 14.0. The van der Waals surface area contributed by atoms with E-state index in [9.17, 15) is 24.0 Å². The van der Waals surface area contributed by atoms with Crippen molar-refractivity contribution in [1.29, 1.82) is 0 Å². The molecule has 6 N–H and O–H groups in total. The molecule has 69 heavy (non-hydrogen) atoms. The number of imidazole rings is 1. The molecule has 0 aliphatic carbocycles. The van der Waals surface area contributed by atoms with Crippen molar-refractivity contribution in [2.24, 2.45) is 5.92 Å². The molecule has 3 rings (SSSR count). The lowest BCUT2D eigenvalue weighted by molar-refractivity contribution is -0.143. The van der Waals surface area contributed by atoms with Gasteiger partial charge in [0.2, 0.25) is 11.9 Å². The van der Waals surface area contributed by atoms with Crippen LogP contribution in [0.4, 0.5) is 22.2 Å². The van der Waals surface area contributed by atoms with Crippen LogP contribution in [0.1, 0.15) is 183 Å². The van der Waals surface area contributed by atoms with Crippen molar-refractivity contribution >= 4 is 64.1 Å². The minimum Gasteiger partial charge on any atom is -0.465 e. The second-order valence-electron chi connectivity index (χ2n) is 20.1. The number of nitrogens with one attached hydrogen (secondary N) is 4. The number of unbranched alkanes of at least 4 members (excludes halogenated alkanes) is 15. The number of aromatic amines is 1. The number of H-pyrrole nitrogens is 1. The van der Waals surface area contributed by atoms with Crippen LogP contribution in [0.3, 0.4) is 0 Å². The number of ketones is 1. The average molecular weight is 983 g/mol. The van der Waals surface area contributed by atoms with E-state index in [1.807, 2.05) is 20.8 Å². The van der Waals surface area contributed by atoms with Gasteiger partial charge in [-0.2, -0.15) is 21.7 Å². The maximum atomic E-state index is 14.0. The number of Topliss-reactive ketones (excluding diaryl/α,β-unsaturated/α-hetero) is 1. The minimum absolute atomic E-state index is 0.0511. The molecule has 17 heteroatoms. The Balaban J connectivity index is 1.52. The Kier molecular flexibility index (Phi) is 26.8. The van der Waals surface area contributed by atoms with Crippen molar-refractivity contribution in [3.63, 3.8) is 0 Å². The molecule has 0 fully saturated rings. The van der Waals surface area contributed by atoms with E-state index in [1.165, 1.54) is 93.4 Å². The third kappa shape index (κ3) is 24.7. The van der Waals surface area contributed by atoms with Gasteiger partial charge in [-0.15, -0.1) is 0 Å². The second-order valence-corrected chi connectivity index (χ2v) is 21.2. The summed E-state index contributed by atoms with van der Waals surface area (Å²) < 4.78 is 18.5. The molecule has 388 valence electrons. The van der Waals surface area contributed by atoms with Gasteiger partial charge >= 0.3 is 17.8 Å². The van der Waals surface area contributed by atoms with Crippen molar-refractivity contribution in [1.82, 2.24) is 24.8 Å². The lowest BCUT2D eigenvalue weighted by atomic mass is 9.98. The van der Waals surface area contributed by atoms with Gasteiger partial charge < -0.3 is 40.9 Å². The smallest absolute Gasteiger partial charge is 0.408 e. The number of nitrogen functional groups attached to an aromatic ring is 1. The Morgan fingerprint density at radius 2 is 1.39 bits per heavy atom. The minimum atomic E-state index is -0.984. The van der Waals surface area contributed by atoms with Gasteiger partial charge in [-0.05, 0) is 72.1 Å². The lowest BCUT2D eigenvalue weighted by Gasteiger charge is -2.26. The molecule has 0 aliphatic rings. The van der Waals surface area contributed by atoms with E-state index in [2.05, 4.69) is 44.7 Å².